The van der Waals surface area contributed by atoms with Gasteiger partial charge in [-0.3, -0.25) is 0 Å². The number of halogens is 1. The molecule has 5 heteroatoms. The number of hydrogen-bond donors (Lipinski definition) is 1. The zero-order chi connectivity index (χ0) is 11.4. The molecule has 0 radical (unpaired) electrons. The van der Waals surface area contributed by atoms with Crippen molar-refractivity contribution in [2.45, 2.75) is 15.7 Å². The summed E-state index contributed by atoms with van der Waals surface area (Å²) in [6.45, 7) is 0.631. The fraction of sp³-hybridized carbons (Fsp3) is 0.182. The number of nitrogens with zero attached hydrogens (tertiary/aromatic N) is 1. The van der Waals surface area contributed by atoms with Gasteiger partial charge in [0.15, 0.2) is 4.34 Å². The first-order chi connectivity index (χ1) is 7.79. The summed E-state index contributed by atoms with van der Waals surface area (Å²) in [6.07, 6.45) is 2.65. The van der Waals surface area contributed by atoms with Crippen molar-refractivity contribution < 1.29 is 0 Å². The lowest BCUT2D eigenvalue weighted by molar-refractivity contribution is 0.944. The Hall–Kier alpha value is -0.550. The third-order valence-corrected chi connectivity index (χ3v) is 4.28. The van der Waals surface area contributed by atoms with E-state index in [9.17, 15) is 0 Å². The quantitative estimate of drug-likeness (QED) is 0.925. The topological polar surface area (TPSA) is 38.9 Å². The largest absolute Gasteiger partial charge is 0.330 e. The number of nitrogens with two attached hydrogens (primary N) is 1. The highest BCUT2D eigenvalue weighted by molar-refractivity contribution is 8.01. The van der Waals surface area contributed by atoms with Crippen LogP contribution in [0.3, 0.4) is 0 Å². The van der Waals surface area contributed by atoms with Crippen molar-refractivity contribution in [3.8, 4) is 0 Å². The highest BCUT2D eigenvalue weighted by Gasteiger charge is 2.06. The van der Waals surface area contributed by atoms with E-state index in [0.717, 1.165) is 15.8 Å². The third-order valence-electron chi connectivity index (χ3n) is 2.04. The third kappa shape index (κ3) is 2.98. The fourth-order valence-corrected chi connectivity index (χ4v) is 3.27. The van der Waals surface area contributed by atoms with Gasteiger partial charge in [-0.2, -0.15) is 0 Å². The molecule has 0 unspecified atom stereocenters. The monoisotopic (exact) mass is 270 g/mol. The van der Waals surface area contributed by atoms with E-state index in [1.165, 1.54) is 10.5 Å². The summed E-state index contributed by atoms with van der Waals surface area (Å²) in [5.74, 6) is 0. The number of aromatic nitrogens is 1. The van der Waals surface area contributed by atoms with Gasteiger partial charge in [0.2, 0.25) is 0 Å². The van der Waals surface area contributed by atoms with Crippen LogP contribution in [0.25, 0.3) is 0 Å². The average Bonchev–Trinajstić information content (AvgIpc) is 2.75. The molecule has 1 heterocycles. The maximum Gasteiger partial charge on any atom is 0.154 e. The smallest absolute Gasteiger partial charge is 0.154 e. The molecule has 0 atom stereocenters. The lowest BCUT2D eigenvalue weighted by Gasteiger charge is -2.07. The fourth-order valence-electron chi connectivity index (χ4n) is 1.35. The van der Waals surface area contributed by atoms with Gasteiger partial charge in [0.05, 0.1) is 0 Å². The van der Waals surface area contributed by atoms with Crippen molar-refractivity contribution in [3.05, 3.63) is 40.4 Å². The van der Waals surface area contributed by atoms with E-state index in [2.05, 4.69) is 4.98 Å². The number of benzene rings is 1. The Kier molecular flexibility index (Phi) is 4.23. The van der Waals surface area contributed by atoms with Crippen LogP contribution < -0.4 is 5.73 Å². The van der Waals surface area contributed by atoms with Crippen LogP contribution >= 0.6 is 34.7 Å². The first kappa shape index (κ1) is 11.9. The first-order valence-electron chi connectivity index (χ1n) is 4.85. The SMILES string of the molecule is NCCc1cc(Cl)ccc1Sc1nccs1. The van der Waals surface area contributed by atoms with Gasteiger partial charge in [-0.25, -0.2) is 4.98 Å². The van der Waals surface area contributed by atoms with Crippen LogP contribution in [-0.2, 0) is 6.42 Å². The van der Waals surface area contributed by atoms with Gasteiger partial charge in [0.25, 0.3) is 0 Å². The van der Waals surface area contributed by atoms with Crippen molar-refractivity contribution in [2.75, 3.05) is 6.54 Å². The summed E-state index contributed by atoms with van der Waals surface area (Å²) in [6, 6.07) is 5.90. The second-order valence-corrected chi connectivity index (χ2v) is 5.81. The summed E-state index contributed by atoms with van der Waals surface area (Å²) in [7, 11) is 0. The van der Waals surface area contributed by atoms with Gasteiger partial charge in [0.1, 0.15) is 0 Å². The molecule has 16 heavy (non-hydrogen) atoms. The molecule has 1 aromatic carbocycles. The Morgan fingerprint density at radius 2 is 2.31 bits per heavy atom. The van der Waals surface area contributed by atoms with Crippen LogP contribution in [0.1, 0.15) is 5.56 Å². The average molecular weight is 271 g/mol. The number of thiazole rings is 1. The normalized spacial score (nSPS) is 10.6. The molecule has 0 aliphatic rings. The van der Waals surface area contributed by atoms with Crippen LogP contribution in [0.4, 0.5) is 0 Å². The van der Waals surface area contributed by atoms with Crippen LogP contribution in [0, 0.1) is 0 Å². The minimum absolute atomic E-state index is 0.631. The standard InChI is InChI=1S/C11H11ClN2S2/c12-9-1-2-10(8(7-9)3-4-13)16-11-14-5-6-15-11/h1-2,5-7H,3-4,13H2. The predicted molar refractivity (Wildman–Crippen MR) is 70.4 cm³/mol. The molecule has 2 nitrogen and oxygen atoms in total. The first-order valence-corrected chi connectivity index (χ1v) is 6.93. The Morgan fingerprint density at radius 3 is 3.00 bits per heavy atom. The lowest BCUT2D eigenvalue weighted by atomic mass is 10.1. The molecule has 0 saturated heterocycles. The van der Waals surface area contributed by atoms with Gasteiger partial charge < -0.3 is 5.73 Å². The van der Waals surface area contributed by atoms with E-state index in [-0.39, 0.29) is 0 Å². The Bertz CT molecular complexity index is 457. The molecule has 2 rings (SSSR count). The Morgan fingerprint density at radius 1 is 1.44 bits per heavy atom. The second-order valence-electron chi connectivity index (χ2n) is 3.19. The number of rotatable bonds is 4. The van der Waals surface area contributed by atoms with Crippen molar-refractivity contribution in [2.24, 2.45) is 5.73 Å². The Labute approximate surface area is 108 Å². The van der Waals surface area contributed by atoms with Crippen LogP contribution in [-0.4, -0.2) is 11.5 Å². The van der Waals surface area contributed by atoms with E-state index in [1.54, 1.807) is 23.1 Å². The van der Waals surface area contributed by atoms with Crippen molar-refractivity contribution in [1.29, 1.82) is 0 Å². The predicted octanol–water partition coefficient (Wildman–Crippen LogP) is 3.45. The molecule has 0 spiro atoms. The van der Waals surface area contributed by atoms with E-state index < -0.39 is 0 Å². The molecule has 84 valence electrons. The molecule has 1 aromatic heterocycles. The van der Waals surface area contributed by atoms with E-state index in [1.807, 2.05) is 29.8 Å². The Balaban J connectivity index is 2.25. The van der Waals surface area contributed by atoms with Gasteiger partial charge in [0, 0.05) is 21.5 Å². The maximum atomic E-state index is 5.97. The van der Waals surface area contributed by atoms with Gasteiger partial charge in [-0.1, -0.05) is 23.4 Å². The molecule has 2 N–H and O–H groups in total. The molecular weight excluding hydrogens is 260 g/mol. The molecule has 0 bridgehead atoms. The molecule has 0 saturated carbocycles. The maximum absolute atomic E-state index is 5.97. The minimum atomic E-state index is 0.631. The molecule has 0 amide bonds. The summed E-state index contributed by atoms with van der Waals surface area (Å²) < 4.78 is 1.04. The molecular formula is C11H11ClN2S2. The number of hydrogen-bond acceptors (Lipinski definition) is 4. The van der Waals surface area contributed by atoms with Gasteiger partial charge >= 0.3 is 0 Å². The second kappa shape index (κ2) is 5.68. The molecule has 0 aliphatic carbocycles. The summed E-state index contributed by atoms with van der Waals surface area (Å²) in [4.78, 5) is 5.44. The van der Waals surface area contributed by atoms with Crippen LogP contribution in [0.5, 0.6) is 0 Å². The summed E-state index contributed by atoms with van der Waals surface area (Å²) in [5, 5.41) is 2.73. The minimum Gasteiger partial charge on any atom is -0.330 e. The van der Waals surface area contributed by atoms with Crippen molar-refractivity contribution >= 4 is 34.7 Å². The lowest BCUT2D eigenvalue weighted by Crippen LogP contribution is -2.03. The van der Waals surface area contributed by atoms with E-state index in [0.29, 0.717) is 6.54 Å². The van der Waals surface area contributed by atoms with Crippen molar-refractivity contribution in [3.63, 3.8) is 0 Å². The highest BCUT2D eigenvalue weighted by atomic mass is 35.5. The zero-order valence-corrected chi connectivity index (χ0v) is 10.9. The molecule has 0 fully saturated rings. The molecule has 0 aliphatic heterocycles. The van der Waals surface area contributed by atoms with Gasteiger partial charge in [-0.05, 0) is 36.7 Å². The van der Waals surface area contributed by atoms with Gasteiger partial charge in [-0.15, -0.1) is 11.3 Å². The van der Waals surface area contributed by atoms with E-state index >= 15 is 0 Å². The summed E-state index contributed by atoms with van der Waals surface area (Å²) in [5.41, 5.74) is 6.78. The van der Waals surface area contributed by atoms with E-state index in [4.69, 9.17) is 17.3 Å². The zero-order valence-electron chi connectivity index (χ0n) is 8.52. The molecule has 2 aromatic rings. The highest BCUT2D eigenvalue weighted by Crippen LogP contribution is 2.33. The van der Waals surface area contributed by atoms with Crippen molar-refractivity contribution in [1.82, 2.24) is 4.98 Å². The van der Waals surface area contributed by atoms with Crippen LogP contribution in [0.2, 0.25) is 5.02 Å². The van der Waals surface area contributed by atoms with Crippen LogP contribution in [0.15, 0.2) is 39.0 Å². The summed E-state index contributed by atoms with van der Waals surface area (Å²) >= 11 is 9.27.